The maximum Gasteiger partial charge on any atom is 0.298 e. The molecule has 4 heterocycles. The molecule has 4 amide bonds. The molecule has 6 aromatic rings. The number of fused-ring (bicyclic) bond motifs is 2. The minimum atomic E-state index is -0.648. The standard InChI is InChI=1S/C40H48N12O6/c1-7-51-31(14-22(3)45-51)37(56)43-39-47(5)29-17-24(35(41)54)10-11-28(29)49(39)20-26-16-27(26)21-50-34-30(18-25(36(42)55)19-33(34)58-13-9-12-53)48(6)40(50)44-38(57)32-15-23(4)46-52(32)8-2/h10-11,14-15,17-19,26-27,53H,7-9,12-13,16,20-21H2,1-6H3,(H2,41,54)(H2,42,55)/b43-39+,44-40+/t26-,27-/m1/s1. The van der Waals surface area contributed by atoms with Crippen LogP contribution in [0.25, 0.3) is 22.1 Å². The van der Waals surface area contributed by atoms with Gasteiger partial charge in [0.25, 0.3) is 11.8 Å². The Balaban J connectivity index is 1.33. The topological polar surface area (TPSA) is 230 Å². The molecular weight excluding hydrogens is 745 g/mol. The van der Waals surface area contributed by atoms with Gasteiger partial charge in [-0.05, 0) is 88.4 Å². The van der Waals surface area contributed by atoms with Crippen molar-refractivity contribution >= 4 is 45.7 Å². The SMILES string of the molecule is CCn1nc(C)cc1C(=O)/N=c1\n(C)c2cc(C(N)=O)ccc2n1C[C@H]1C[C@@H]1Cn1/c(=N/C(=O)c2cc(C)nn2CC)n(C)c2cc(C(N)=O)cc(OCCCO)c21. The van der Waals surface area contributed by atoms with E-state index in [4.69, 9.17) is 16.2 Å². The number of aryl methyl sites for hydroxylation is 6. The second-order valence-corrected chi connectivity index (χ2v) is 14.7. The summed E-state index contributed by atoms with van der Waals surface area (Å²) < 4.78 is 16.9. The molecule has 0 saturated heterocycles. The minimum absolute atomic E-state index is 0.0737. The monoisotopic (exact) mass is 792 g/mol. The van der Waals surface area contributed by atoms with Gasteiger partial charge in [-0.25, -0.2) is 0 Å². The summed E-state index contributed by atoms with van der Waals surface area (Å²) in [4.78, 5) is 61.5. The van der Waals surface area contributed by atoms with Gasteiger partial charge in [-0.15, -0.1) is 0 Å². The van der Waals surface area contributed by atoms with Gasteiger partial charge >= 0.3 is 0 Å². The average Bonchev–Trinajstić information content (AvgIpc) is 3.39. The maximum atomic E-state index is 13.9. The van der Waals surface area contributed by atoms with Crippen molar-refractivity contribution in [1.82, 2.24) is 37.8 Å². The minimum Gasteiger partial charge on any atom is -0.491 e. The molecule has 1 aliphatic rings. The van der Waals surface area contributed by atoms with Crippen molar-refractivity contribution in [3.8, 4) is 5.75 Å². The number of ether oxygens (including phenoxy) is 1. The van der Waals surface area contributed by atoms with E-state index in [0.717, 1.165) is 11.9 Å². The number of nitrogens with zero attached hydrogens (tertiary/aromatic N) is 10. The number of imidazole rings is 2. The van der Waals surface area contributed by atoms with Crippen LogP contribution in [0, 0.1) is 25.7 Å². The average molecular weight is 793 g/mol. The highest BCUT2D eigenvalue weighted by atomic mass is 16.5. The van der Waals surface area contributed by atoms with Gasteiger partial charge in [-0.1, -0.05) is 0 Å². The first-order chi connectivity index (χ1) is 27.7. The summed E-state index contributed by atoms with van der Waals surface area (Å²) in [5.74, 6) is -1.62. The summed E-state index contributed by atoms with van der Waals surface area (Å²) in [5, 5.41) is 18.4. The number of hydrogen-bond acceptors (Lipinski definition) is 8. The lowest BCUT2D eigenvalue weighted by molar-refractivity contribution is 0.0977. The Labute approximate surface area is 332 Å². The smallest absolute Gasteiger partial charge is 0.298 e. The third kappa shape index (κ3) is 7.37. The molecule has 7 rings (SSSR count). The van der Waals surface area contributed by atoms with E-state index in [-0.39, 0.29) is 30.6 Å². The van der Waals surface area contributed by atoms with E-state index >= 15 is 0 Å². The summed E-state index contributed by atoms with van der Waals surface area (Å²) in [6.45, 7) is 9.40. The zero-order valence-electron chi connectivity index (χ0n) is 33.5. The molecule has 0 spiro atoms. The van der Waals surface area contributed by atoms with Crippen molar-refractivity contribution < 1.29 is 29.0 Å². The Morgan fingerprint density at radius 1 is 0.759 bits per heavy atom. The molecule has 2 atom stereocenters. The quantitative estimate of drug-likeness (QED) is 0.138. The Morgan fingerprint density at radius 2 is 1.29 bits per heavy atom. The van der Waals surface area contributed by atoms with Crippen molar-refractivity contribution in [3.05, 3.63) is 87.6 Å². The third-order valence-corrected chi connectivity index (χ3v) is 10.7. The highest BCUT2D eigenvalue weighted by Gasteiger charge is 2.39. The van der Waals surface area contributed by atoms with Gasteiger partial charge in [-0.3, -0.25) is 28.5 Å². The second-order valence-electron chi connectivity index (χ2n) is 14.7. The number of carbonyl (C=O) groups is 4. The van der Waals surface area contributed by atoms with Crippen LogP contribution >= 0.6 is 0 Å². The molecule has 4 aromatic heterocycles. The van der Waals surface area contributed by atoms with E-state index in [1.807, 2.05) is 42.9 Å². The van der Waals surface area contributed by atoms with E-state index < -0.39 is 23.6 Å². The highest BCUT2D eigenvalue weighted by Crippen LogP contribution is 2.42. The Bertz CT molecular complexity index is 2770. The van der Waals surface area contributed by atoms with Crippen molar-refractivity contribution in [2.45, 2.75) is 66.7 Å². The van der Waals surface area contributed by atoms with Crippen LogP contribution in [0.5, 0.6) is 5.75 Å². The van der Waals surface area contributed by atoms with Crippen LogP contribution in [0.3, 0.4) is 0 Å². The molecule has 1 aliphatic carbocycles. The van der Waals surface area contributed by atoms with E-state index in [1.165, 1.54) is 0 Å². The van der Waals surface area contributed by atoms with Crippen LogP contribution in [0.1, 0.15) is 79.8 Å². The van der Waals surface area contributed by atoms with Gasteiger partial charge in [0.1, 0.15) is 22.7 Å². The lowest BCUT2D eigenvalue weighted by atomic mass is 10.1. The lowest BCUT2D eigenvalue weighted by Gasteiger charge is -2.12. The van der Waals surface area contributed by atoms with Crippen LogP contribution in [0.2, 0.25) is 0 Å². The molecule has 1 saturated carbocycles. The molecule has 0 radical (unpaired) electrons. The first kappa shape index (κ1) is 39.7. The van der Waals surface area contributed by atoms with Crippen molar-refractivity contribution in [2.75, 3.05) is 13.2 Å². The predicted octanol–water partition coefficient (Wildman–Crippen LogP) is 2.10. The molecule has 1 fully saturated rings. The summed E-state index contributed by atoms with van der Waals surface area (Å²) in [5.41, 5.74) is 17.4. The number of primary amides is 2. The predicted molar refractivity (Wildman–Crippen MR) is 213 cm³/mol. The second kappa shape index (κ2) is 15.8. The number of aliphatic hydroxyl groups is 1. The van der Waals surface area contributed by atoms with Gasteiger partial charge in [0.2, 0.25) is 23.1 Å². The van der Waals surface area contributed by atoms with Crippen molar-refractivity contribution in [1.29, 1.82) is 0 Å². The number of rotatable bonds is 14. The summed E-state index contributed by atoms with van der Waals surface area (Å²) >= 11 is 0. The fraction of sp³-hybridized carbons (Fsp3) is 0.400. The van der Waals surface area contributed by atoms with Crippen LogP contribution in [-0.2, 0) is 40.3 Å². The van der Waals surface area contributed by atoms with Crippen LogP contribution < -0.4 is 27.4 Å². The van der Waals surface area contributed by atoms with Gasteiger partial charge in [0.05, 0.1) is 34.5 Å². The lowest BCUT2D eigenvalue weighted by Crippen LogP contribution is -2.28. The number of hydrogen-bond donors (Lipinski definition) is 3. The molecule has 2 aromatic carbocycles. The largest absolute Gasteiger partial charge is 0.491 e. The van der Waals surface area contributed by atoms with Gasteiger partial charge in [0.15, 0.2) is 0 Å². The number of nitrogens with two attached hydrogens (primary N) is 2. The number of aromatic nitrogens is 8. The molecule has 0 unspecified atom stereocenters. The first-order valence-electron chi connectivity index (χ1n) is 19.3. The molecular formula is C40H48N12O6. The highest BCUT2D eigenvalue weighted by molar-refractivity contribution is 5.99. The Hall–Kier alpha value is -6.56. The fourth-order valence-corrected chi connectivity index (χ4v) is 7.64. The maximum absolute atomic E-state index is 13.9. The molecule has 18 heteroatoms. The Kier molecular flexibility index (Phi) is 10.8. The third-order valence-electron chi connectivity index (χ3n) is 10.7. The number of benzene rings is 2. The molecule has 58 heavy (non-hydrogen) atoms. The van der Waals surface area contributed by atoms with Crippen LogP contribution in [-0.4, -0.2) is 79.8 Å². The molecule has 18 nitrogen and oxygen atoms in total. The van der Waals surface area contributed by atoms with E-state index in [1.54, 1.807) is 69.0 Å². The molecule has 304 valence electrons. The van der Waals surface area contributed by atoms with Crippen LogP contribution in [0.15, 0.2) is 52.4 Å². The van der Waals surface area contributed by atoms with Crippen molar-refractivity contribution in [3.63, 3.8) is 0 Å². The number of carbonyl (C=O) groups excluding carboxylic acids is 4. The summed E-state index contributed by atoms with van der Waals surface area (Å²) in [6.07, 6.45) is 1.14. The molecule has 0 aliphatic heterocycles. The summed E-state index contributed by atoms with van der Waals surface area (Å²) in [6, 6.07) is 11.8. The molecule has 0 bridgehead atoms. The van der Waals surface area contributed by atoms with E-state index in [0.29, 0.717) is 94.5 Å². The van der Waals surface area contributed by atoms with Gasteiger partial charge in [0, 0.05) is 64.4 Å². The normalized spacial score (nSPS) is 15.8. The summed E-state index contributed by atoms with van der Waals surface area (Å²) in [7, 11) is 3.56. The van der Waals surface area contributed by atoms with Crippen LogP contribution in [0.4, 0.5) is 0 Å². The van der Waals surface area contributed by atoms with Gasteiger partial charge < -0.3 is 39.6 Å². The first-order valence-corrected chi connectivity index (χ1v) is 19.3. The zero-order chi connectivity index (χ0) is 41.6. The molecule has 5 N–H and O–H groups in total. The van der Waals surface area contributed by atoms with Gasteiger partial charge in [-0.2, -0.15) is 20.2 Å². The number of aliphatic hydroxyl groups excluding tert-OH is 1. The number of amides is 4. The van der Waals surface area contributed by atoms with E-state index in [2.05, 4.69) is 20.2 Å². The Morgan fingerprint density at radius 3 is 1.84 bits per heavy atom. The van der Waals surface area contributed by atoms with Crippen molar-refractivity contribution in [2.24, 2.45) is 47.4 Å². The zero-order valence-corrected chi connectivity index (χ0v) is 33.5. The fourth-order valence-electron chi connectivity index (χ4n) is 7.64. The van der Waals surface area contributed by atoms with E-state index in [9.17, 15) is 24.3 Å².